The summed E-state index contributed by atoms with van der Waals surface area (Å²) in [6.07, 6.45) is 4.53. The number of nitrogens with zero attached hydrogens (tertiary/aromatic N) is 2. The molecule has 1 unspecified atom stereocenters. The van der Waals surface area contributed by atoms with Gasteiger partial charge in [0.15, 0.2) is 0 Å². The summed E-state index contributed by atoms with van der Waals surface area (Å²) >= 11 is 0. The minimum Gasteiger partial charge on any atom is -0.373 e. The minimum absolute atomic E-state index is 0.0304. The van der Waals surface area contributed by atoms with Crippen LogP contribution < -0.4 is 5.32 Å². The maximum absolute atomic E-state index is 12.5. The maximum atomic E-state index is 12.5. The van der Waals surface area contributed by atoms with Gasteiger partial charge < -0.3 is 15.0 Å². The first-order chi connectivity index (χ1) is 10.9. The lowest BCUT2D eigenvalue weighted by atomic mass is 9.87. The zero-order chi connectivity index (χ0) is 16.5. The van der Waals surface area contributed by atoms with Crippen LogP contribution >= 0.6 is 0 Å². The highest BCUT2D eigenvalue weighted by Crippen LogP contribution is 2.36. The molecule has 1 atom stereocenters. The highest BCUT2D eigenvalue weighted by Gasteiger charge is 2.44. The van der Waals surface area contributed by atoms with Crippen LogP contribution in [0.15, 0.2) is 24.4 Å². The summed E-state index contributed by atoms with van der Waals surface area (Å²) in [6.45, 7) is 8.82. The number of amides is 1. The second-order valence-electron chi connectivity index (χ2n) is 7.80. The molecule has 2 saturated heterocycles. The predicted octanol–water partition coefficient (Wildman–Crippen LogP) is 2.23. The number of likely N-dealkylation sites (tertiary alicyclic amines) is 1. The predicted molar refractivity (Wildman–Crippen MR) is 89.4 cm³/mol. The molecule has 0 saturated carbocycles. The second kappa shape index (κ2) is 6.21. The second-order valence-corrected chi connectivity index (χ2v) is 7.80. The SMILES string of the molecule is CC(C)(C)NC1COC2(CCN(C(=O)c3ccccn3)CC2)C1. The Hall–Kier alpha value is -1.46. The van der Waals surface area contributed by atoms with Gasteiger partial charge in [-0.2, -0.15) is 0 Å². The Bertz CT molecular complexity index is 545. The van der Waals surface area contributed by atoms with Crippen LogP contribution in [0, 0.1) is 0 Å². The third-order valence-electron chi connectivity index (χ3n) is 4.69. The molecule has 0 radical (unpaired) electrons. The van der Waals surface area contributed by atoms with Gasteiger partial charge in [-0.05, 0) is 52.2 Å². The quantitative estimate of drug-likeness (QED) is 0.909. The van der Waals surface area contributed by atoms with E-state index < -0.39 is 0 Å². The van der Waals surface area contributed by atoms with Crippen molar-refractivity contribution in [3.8, 4) is 0 Å². The molecule has 1 aromatic rings. The molecule has 0 aliphatic carbocycles. The van der Waals surface area contributed by atoms with E-state index in [1.807, 2.05) is 17.0 Å². The van der Waals surface area contributed by atoms with E-state index in [1.165, 1.54) is 0 Å². The van der Waals surface area contributed by atoms with Crippen molar-refractivity contribution in [1.82, 2.24) is 15.2 Å². The number of hydrogen-bond acceptors (Lipinski definition) is 4. The minimum atomic E-state index is -0.0518. The molecule has 2 fully saturated rings. The van der Waals surface area contributed by atoms with Gasteiger partial charge in [0, 0.05) is 30.9 Å². The third kappa shape index (κ3) is 3.90. The van der Waals surface area contributed by atoms with E-state index in [2.05, 4.69) is 31.1 Å². The van der Waals surface area contributed by atoms with E-state index in [9.17, 15) is 4.79 Å². The first-order valence-electron chi connectivity index (χ1n) is 8.49. The van der Waals surface area contributed by atoms with Crippen LogP contribution in [-0.4, -0.2) is 52.7 Å². The van der Waals surface area contributed by atoms with Gasteiger partial charge in [0.05, 0.1) is 12.2 Å². The van der Waals surface area contributed by atoms with Crippen molar-refractivity contribution in [2.45, 2.75) is 57.2 Å². The lowest BCUT2D eigenvalue weighted by molar-refractivity contribution is -0.0390. The van der Waals surface area contributed by atoms with Gasteiger partial charge in [0.2, 0.25) is 0 Å². The van der Waals surface area contributed by atoms with Gasteiger partial charge >= 0.3 is 0 Å². The Morgan fingerprint density at radius 2 is 2.09 bits per heavy atom. The first-order valence-corrected chi connectivity index (χ1v) is 8.49. The monoisotopic (exact) mass is 317 g/mol. The van der Waals surface area contributed by atoms with Crippen molar-refractivity contribution in [1.29, 1.82) is 0 Å². The summed E-state index contributed by atoms with van der Waals surface area (Å²) in [4.78, 5) is 18.5. The van der Waals surface area contributed by atoms with Crippen LogP contribution in [0.5, 0.6) is 0 Å². The molecule has 2 aliphatic heterocycles. The summed E-state index contributed by atoms with van der Waals surface area (Å²) in [6, 6.07) is 5.88. The molecule has 5 heteroatoms. The van der Waals surface area contributed by atoms with Gasteiger partial charge in [0.1, 0.15) is 5.69 Å². The summed E-state index contributed by atoms with van der Waals surface area (Å²) in [5, 5.41) is 3.63. The van der Waals surface area contributed by atoms with Crippen molar-refractivity contribution >= 4 is 5.91 Å². The fraction of sp³-hybridized carbons (Fsp3) is 0.667. The van der Waals surface area contributed by atoms with E-state index in [4.69, 9.17) is 4.74 Å². The summed E-state index contributed by atoms with van der Waals surface area (Å²) in [7, 11) is 0. The van der Waals surface area contributed by atoms with Crippen LogP contribution in [0.1, 0.15) is 50.5 Å². The zero-order valence-corrected chi connectivity index (χ0v) is 14.3. The lowest BCUT2D eigenvalue weighted by Gasteiger charge is -2.38. The number of pyridine rings is 1. The smallest absolute Gasteiger partial charge is 0.272 e. The fourth-order valence-electron chi connectivity index (χ4n) is 3.67. The number of aromatic nitrogens is 1. The molecular weight excluding hydrogens is 290 g/mol. The molecule has 126 valence electrons. The Morgan fingerprint density at radius 3 is 2.70 bits per heavy atom. The van der Waals surface area contributed by atoms with Crippen LogP contribution in [0.4, 0.5) is 0 Å². The molecule has 1 amide bonds. The summed E-state index contributed by atoms with van der Waals surface area (Å²) in [5.41, 5.74) is 0.585. The highest BCUT2D eigenvalue weighted by molar-refractivity contribution is 5.92. The van der Waals surface area contributed by atoms with Gasteiger partial charge in [-0.15, -0.1) is 0 Å². The van der Waals surface area contributed by atoms with Crippen molar-refractivity contribution in [3.63, 3.8) is 0 Å². The van der Waals surface area contributed by atoms with Gasteiger partial charge in [0.25, 0.3) is 5.91 Å². The molecular formula is C18H27N3O2. The average molecular weight is 317 g/mol. The van der Waals surface area contributed by atoms with Crippen LogP contribution in [0.2, 0.25) is 0 Å². The van der Waals surface area contributed by atoms with Crippen molar-refractivity contribution < 1.29 is 9.53 Å². The number of nitrogens with one attached hydrogen (secondary N) is 1. The Labute approximate surface area is 138 Å². The number of carbonyl (C=O) groups is 1. The summed E-state index contributed by atoms with van der Waals surface area (Å²) < 4.78 is 6.16. The molecule has 23 heavy (non-hydrogen) atoms. The number of rotatable bonds is 2. The topological polar surface area (TPSA) is 54.5 Å². The number of piperidine rings is 1. The normalized spacial score (nSPS) is 24.1. The van der Waals surface area contributed by atoms with E-state index in [0.717, 1.165) is 39.0 Å². The Kier molecular flexibility index (Phi) is 4.43. The first kappa shape index (κ1) is 16.4. The van der Waals surface area contributed by atoms with Crippen LogP contribution in [0.3, 0.4) is 0 Å². The van der Waals surface area contributed by atoms with Crippen molar-refractivity contribution in [3.05, 3.63) is 30.1 Å². The van der Waals surface area contributed by atoms with E-state index in [0.29, 0.717) is 11.7 Å². The molecule has 1 spiro atoms. The fourth-order valence-corrected chi connectivity index (χ4v) is 3.67. The average Bonchev–Trinajstić information content (AvgIpc) is 2.89. The molecule has 3 heterocycles. The van der Waals surface area contributed by atoms with Gasteiger partial charge in [-0.25, -0.2) is 0 Å². The molecule has 1 N–H and O–H groups in total. The third-order valence-corrected chi connectivity index (χ3v) is 4.69. The molecule has 2 aliphatic rings. The Balaban J connectivity index is 1.56. The highest BCUT2D eigenvalue weighted by atomic mass is 16.5. The molecule has 3 rings (SSSR count). The number of carbonyl (C=O) groups excluding carboxylic acids is 1. The molecule has 0 aromatic carbocycles. The van der Waals surface area contributed by atoms with Gasteiger partial charge in [-0.1, -0.05) is 6.07 Å². The van der Waals surface area contributed by atoms with Crippen molar-refractivity contribution in [2.75, 3.05) is 19.7 Å². The van der Waals surface area contributed by atoms with Crippen molar-refractivity contribution in [2.24, 2.45) is 0 Å². The van der Waals surface area contributed by atoms with E-state index in [1.54, 1.807) is 12.3 Å². The van der Waals surface area contributed by atoms with E-state index >= 15 is 0 Å². The van der Waals surface area contributed by atoms with Crippen LogP contribution in [0.25, 0.3) is 0 Å². The summed E-state index contributed by atoms with van der Waals surface area (Å²) in [5.74, 6) is 0.0304. The zero-order valence-electron chi connectivity index (χ0n) is 14.3. The lowest BCUT2D eigenvalue weighted by Crippen LogP contribution is -2.48. The largest absolute Gasteiger partial charge is 0.373 e. The molecule has 0 bridgehead atoms. The maximum Gasteiger partial charge on any atom is 0.272 e. The molecule has 5 nitrogen and oxygen atoms in total. The van der Waals surface area contributed by atoms with E-state index in [-0.39, 0.29) is 17.0 Å². The number of ether oxygens (including phenoxy) is 1. The standard InChI is InChI=1S/C18H27N3O2/c1-17(2,3)20-14-12-18(23-13-14)7-10-21(11-8-18)16(22)15-6-4-5-9-19-15/h4-6,9,14,20H,7-8,10-13H2,1-3H3. The van der Waals surface area contributed by atoms with Gasteiger partial charge in [-0.3, -0.25) is 9.78 Å². The molecule has 1 aromatic heterocycles. The number of hydrogen-bond donors (Lipinski definition) is 1. The Morgan fingerprint density at radius 1 is 1.35 bits per heavy atom. The van der Waals surface area contributed by atoms with Crippen LogP contribution in [-0.2, 0) is 4.74 Å².